The molecule has 5 nitrogen and oxygen atoms in total. The lowest BCUT2D eigenvalue weighted by molar-refractivity contribution is 0.570. The molecule has 3 N–H and O–H groups in total. The van der Waals surface area contributed by atoms with Gasteiger partial charge in [-0.05, 0) is 34.1 Å². The molecule has 1 heterocycles. The summed E-state index contributed by atoms with van der Waals surface area (Å²) >= 11 is 3.13. The van der Waals surface area contributed by atoms with Crippen LogP contribution in [0, 0.1) is 5.82 Å². The molecule has 0 aliphatic heterocycles. The third-order valence-electron chi connectivity index (χ3n) is 2.22. The number of pyridine rings is 1. The van der Waals surface area contributed by atoms with E-state index >= 15 is 0 Å². The van der Waals surface area contributed by atoms with Gasteiger partial charge in [0.25, 0.3) is 10.0 Å². The van der Waals surface area contributed by atoms with Crippen molar-refractivity contribution in [2.24, 2.45) is 0 Å². The zero-order valence-corrected chi connectivity index (χ0v) is 11.9. The monoisotopic (exact) mass is 345 g/mol. The standard InChI is InChI=1S/C11H9BrFN3O2S/c12-8-5-7(14)6-15-11(8)16-19(17,18)10-4-2-1-3-9(10)13/h1-6H,14H2,(H,15,16). The van der Waals surface area contributed by atoms with Gasteiger partial charge in [0.1, 0.15) is 10.7 Å². The Morgan fingerprint density at radius 3 is 2.63 bits per heavy atom. The van der Waals surface area contributed by atoms with E-state index in [-0.39, 0.29) is 5.82 Å². The van der Waals surface area contributed by atoms with Crippen LogP contribution in [0.15, 0.2) is 45.9 Å². The van der Waals surface area contributed by atoms with Crippen molar-refractivity contribution in [2.75, 3.05) is 10.5 Å². The fourth-order valence-electron chi connectivity index (χ4n) is 1.37. The van der Waals surface area contributed by atoms with Crippen molar-refractivity contribution in [3.8, 4) is 0 Å². The van der Waals surface area contributed by atoms with Crippen molar-refractivity contribution in [1.29, 1.82) is 0 Å². The van der Waals surface area contributed by atoms with Crippen molar-refractivity contribution in [3.05, 3.63) is 46.8 Å². The molecule has 19 heavy (non-hydrogen) atoms. The van der Waals surface area contributed by atoms with Gasteiger partial charge in [-0.2, -0.15) is 0 Å². The minimum Gasteiger partial charge on any atom is -0.397 e. The SMILES string of the molecule is Nc1cnc(NS(=O)(=O)c2ccccc2F)c(Br)c1. The number of nitrogens with one attached hydrogen (secondary N) is 1. The Bertz CT molecular complexity index is 722. The zero-order valence-electron chi connectivity index (χ0n) is 9.47. The topological polar surface area (TPSA) is 85.1 Å². The Morgan fingerprint density at radius 2 is 2.00 bits per heavy atom. The molecule has 0 spiro atoms. The first-order valence-corrected chi connectivity index (χ1v) is 7.36. The average molecular weight is 346 g/mol. The molecule has 2 rings (SSSR count). The van der Waals surface area contributed by atoms with E-state index in [1.165, 1.54) is 30.5 Å². The summed E-state index contributed by atoms with van der Waals surface area (Å²) in [5.74, 6) is -0.793. The molecule has 1 aromatic heterocycles. The van der Waals surface area contributed by atoms with Crippen molar-refractivity contribution in [3.63, 3.8) is 0 Å². The minimum absolute atomic E-state index is 0.0393. The highest BCUT2D eigenvalue weighted by Gasteiger charge is 2.20. The Morgan fingerprint density at radius 1 is 1.32 bits per heavy atom. The Kier molecular flexibility index (Phi) is 3.72. The molecule has 0 saturated carbocycles. The van der Waals surface area contributed by atoms with Gasteiger partial charge in [0, 0.05) is 0 Å². The number of hydrogen-bond acceptors (Lipinski definition) is 4. The van der Waals surface area contributed by atoms with Crippen LogP contribution in [0.1, 0.15) is 0 Å². The lowest BCUT2D eigenvalue weighted by Crippen LogP contribution is -2.15. The highest BCUT2D eigenvalue weighted by molar-refractivity contribution is 9.10. The summed E-state index contributed by atoms with van der Waals surface area (Å²) in [4.78, 5) is 3.39. The maximum absolute atomic E-state index is 13.5. The summed E-state index contributed by atoms with van der Waals surface area (Å²) in [5, 5.41) is 0. The summed E-state index contributed by atoms with van der Waals surface area (Å²) in [6.45, 7) is 0. The molecular formula is C11H9BrFN3O2S. The molecule has 0 radical (unpaired) electrons. The molecule has 0 fully saturated rings. The quantitative estimate of drug-likeness (QED) is 0.894. The minimum atomic E-state index is -4.04. The number of hydrogen-bond donors (Lipinski definition) is 2. The normalized spacial score (nSPS) is 11.3. The van der Waals surface area contributed by atoms with Gasteiger partial charge in [0.15, 0.2) is 5.82 Å². The van der Waals surface area contributed by atoms with Gasteiger partial charge in [0.05, 0.1) is 16.4 Å². The van der Waals surface area contributed by atoms with Crippen molar-refractivity contribution in [1.82, 2.24) is 4.98 Å². The van der Waals surface area contributed by atoms with E-state index in [4.69, 9.17) is 5.73 Å². The Labute approximate surface area is 117 Å². The predicted molar refractivity (Wildman–Crippen MR) is 73.6 cm³/mol. The number of rotatable bonds is 3. The summed E-state index contributed by atoms with van der Waals surface area (Å²) in [7, 11) is -4.04. The third-order valence-corrected chi connectivity index (χ3v) is 4.20. The first-order valence-electron chi connectivity index (χ1n) is 5.08. The summed E-state index contributed by atoms with van der Waals surface area (Å²) in [6, 6.07) is 6.57. The maximum atomic E-state index is 13.5. The number of sulfonamides is 1. The summed E-state index contributed by atoms with van der Waals surface area (Å²) in [6.07, 6.45) is 1.30. The van der Waals surface area contributed by atoms with Crippen LogP contribution in [0.25, 0.3) is 0 Å². The molecule has 1 aromatic carbocycles. The first kappa shape index (κ1) is 13.8. The van der Waals surface area contributed by atoms with Crippen LogP contribution >= 0.6 is 15.9 Å². The molecule has 0 aliphatic rings. The molecule has 8 heteroatoms. The molecule has 0 unspecified atom stereocenters. The van der Waals surface area contributed by atoms with Crippen LogP contribution in [-0.4, -0.2) is 13.4 Å². The van der Waals surface area contributed by atoms with Crippen LogP contribution < -0.4 is 10.5 Å². The van der Waals surface area contributed by atoms with Crippen LogP contribution in [-0.2, 0) is 10.0 Å². The number of anilines is 2. The van der Waals surface area contributed by atoms with E-state index in [1.54, 1.807) is 0 Å². The lowest BCUT2D eigenvalue weighted by atomic mass is 10.4. The van der Waals surface area contributed by atoms with Gasteiger partial charge in [-0.15, -0.1) is 0 Å². The highest BCUT2D eigenvalue weighted by atomic mass is 79.9. The van der Waals surface area contributed by atoms with E-state index in [0.717, 1.165) is 6.07 Å². The fourth-order valence-corrected chi connectivity index (χ4v) is 3.08. The summed E-state index contributed by atoms with van der Waals surface area (Å²) in [5.41, 5.74) is 5.87. The molecule has 100 valence electrons. The molecule has 0 bridgehead atoms. The van der Waals surface area contributed by atoms with Crippen LogP contribution in [0.5, 0.6) is 0 Å². The number of aromatic nitrogens is 1. The molecule has 0 atom stereocenters. The summed E-state index contributed by atoms with van der Waals surface area (Å²) < 4.78 is 40.1. The van der Waals surface area contributed by atoms with E-state index < -0.39 is 20.7 Å². The molecule has 0 saturated heterocycles. The van der Waals surface area contributed by atoms with Crippen molar-refractivity contribution < 1.29 is 12.8 Å². The van der Waals surface area contributed by atoms with E-state index in [2.05, 4.69) is 25.6 Å². The Balaban J connectivity index is 2.40. The molecule has 0 amide bonds. The fraction of sp³-hybridized carbons (Fsp3) is 0. The highest BCUT2D eigenvalue weighted by Crippen LogP contribution is 2.25. The molecular weight excluding hydrogens is 337 g/mol. The van der Waals surface area contributed by atoms with Gasteiger partial charge in [0.2, 0.25) is 0 Å². The predicted octanol–water partition coefficient (Wildman–Crippen LogP) is 2.37. The van der Waals surface area contributed by atoms with Crippen LogP contribution in [0.2, 0.25) is 0 Å². The lowest BCUT2D eigenvalue weighted by Gasteiger charge is -2.09. The van der Waals surface area contributed by atoms with Gasteiger partial charge in [-0.1, -0.05) is 12.1 Å². The van der Waals surface area contributed by atoms with Gasteiger partial charge >= 0.3 is 0 Å². The third kappa shape index (κ3) is 3.02. The van der Waals surface area contributed by atoms with Crippen LogP contribution in [0.3, 0.4) is 0 Å². The average Bonchev–Trinajstić information content (AvgIpc) is 2.33. The van der Waals surface area contributed by atoms with Crippen molar-refractivity contribution >= 4 is 37.5 Å². The van der Waals surface area contributed by atoms with E-state index in [0.29, 0.717) is 10.2 Å². The number of benzene rings is 1. The number of nitrogens with two attached hydrogens (primary N) is 1. The second-order valence-corrected chi connectivity index (χ2v) is 6.14. The second kappa shape index (κ2) is 5.14. The van der Waals surface area contributed by atoms with Gasteiger partial charge in [-0.3, -0.25) is 4.72 Å². The largest absolute Gasteiger partial charge is 0.397 e. The number of nitrogens with zero attached hydrogens (tertiary/aromatic N) is 1. The maximum Gasteiger partial charge on any atom is 0.265 e. The number of nitrogen functional groups attached to an aromatic ring is 1. The zero-order chi connectivity index (χ0) is 14.0. The molecule has 0 aliphatic carbocycles. The number of halogens is 2. The molecule has 2 aromatic rings. The van der Waals surface area contributed by atoms with Crippen molar-refractivity contribution in [2.45, 2.75) is 4.90 Å². The first-order chi connectivity index (χ1) is 8.90. The van der Waals surface area contributed by atoms with Crippen LogP contribution in [0.4, 0.5) is 15.9 Å². The van der Waals surface area contributed by atoms with E-state index in [9.17, 15) is 12.8 Å². The second-order valence-electron chi connectivity index (χ2n) is 3.64. The van der Waals surface area contributed by atoms with Gasteiger partial charge in [-0.25, -0.2) is 17.8 Å². The van der Waals surface area contributed by atoms with Gasteiger partial charge < -0.3 is 5.73 Å². The smallest absolute Gasteiger partial charge is 0.265 e. The van der Waals surface area contributed by atoms with E-state index in [1.807, 2.05) is 0 Å². The Hall–Kier alpha value is -1.67.